The van der Waals surface area contributed by atoms with Gasteiger partial charge in [0.15, 0.2) is 0 Å². The van der Waals surface area contributed by atoms with Gasteiger partial charge in [-0.15, -0.1) is 0 Å². The summed E-state index contributed by atoms with van der Waals surface area (Å²) in [4.78, 5) is 35.6. The van der Waals surface area contributed by atoms with Crippen LogP contribution in [0, 0.1) is 22.7 Å². The summed E-state index contributed by atoms with van der Waals surface area (Å²) in [5.74, 6) is -0.636. The molecule has 2 aliphatic carbocycles. The monoisotopic (exact) mass is 294 g/mol. The summed E-state index contributed by atoms with van der Waals surface area (Å²) in [7, 11) is 0. The van der Waals surface area contributed by atoms with Crippen molar-refractivity contribution in [1.82, 2.24) is 0 Å². The van der Waals surface area contributed by atoms with E-state index in [-0.39, 0.29) is 36.3 Å². The SMILES string of the molecule is CCC(C)(C)C(=O)OC1CC2CC1CC21CC(=O)OC1=O. The molecule has 4 unspecified atom stereocenters. The summed E-state index contributed by atoms with van der Waals surface area (Å²) < 4.78 is 10.4. The lowest BCUT2D eigenvalue weighted by atomic mass is 9.71. The van der Waals surface area contributed by atoms with E-state index in [2.05, 4.69) is 0 Å². The quantitative estimate of drug-likeness (QED) is 0.589. The molecular formula is C16H22O5. The van der Waals surface area contributed by atoms with Crippen molar-refractivity contribution in [2.75, 3.05) is 0 Å². The third-order valence-electron chi connectivity index (χ3n) is 5.81. The Morgan fingerprint density at radius 1 is 1.38 bits per heavy atom. The number of esters is 3. The Labute approximate surface area is 124 Å². The number of hydrogen-bond donors (Lipinski definition) is 0. The van der Waals surface area contributed by atoms with Gasteiger partial charge >= 0.3 is 17.9 Å². The van der Waals surface area contributed by atoms with Crippen LogP contribution in [-0.2, 0) is 23.9 Å². The van der Waals surface area contributed by atoms with Gasteiger partial charge in [0.05, 0.1) is 17.3 Å². The first-order chi connectivity index (χ1) is 9.78. The molecule has 1 aliphatic heterocycles. The van der Waals surface area contributed by atoms with Crippen LogP contribution in [0.3, 0.4) is 0 Å². The lowest BCUT2D eigenvalue weighted by Crippen LogP contribution is -2.39. The molecule has 3 aliphatic rings. The average Bonchev–Trinajstić information content (AvgIpc) is 3.03. The number of rotatable bonds is 3. The normalized spacial score (nSPS) is 38.1. The van der Waals surface area contributed by atoms with Gasteiger partial charge in [0.25, 0.3) is 0 Å². The van der Waals surface area contributed by atoms with E-state index in [1.807, 2.05) is 20.8 Å². The summed E-state index contributed by atoms with van der Waals surface area (Å²) in [6.45, 7) is 5.74. The second-order valence-corrected chi connectivity index (χ2v) is 7.41. The summed E-state index contributed by atoms with van der Waals surface area (Å²) in [6, 6.07) is 0. The molecule has 0 aromatic heterocycles. The van der Waals surface area contributed by atoms with Crippen LogP contribution in [-0.4, -0.2) is 24.0 Å². The summed E-state index contributed by atoms with van der Waals surface area (Å²) in [5, 5.41) is 0. The zero-order valence-electron chi connectivity index (χ0n) is 12.8. The number of carbonyl (C=O) groups is 3. The second-order valence-electron chi connectivity index (χ2n) is 7.41. The molecule has 5 nitrogen and oxygen atoms in total. The highest BCUT2D eigenvalue weighted by Gasteiger charge is 2.64. The fourth-order valence-corrected chi connectivity index (χ4v) is 4.01. The van der Waals surface area contributed by atoms with Crippen LogP contribution in [0.4, 0.5) is 0 Å². The smallest absolute Gasteiger partial charge is 0.320 e. The van der Waals surface area contributed by atoms with Crippen LogP contribution < -0.4 is 0 Å². The Hall–Kier alpha value is -1.39. The Bertz CT molecular complexity index is 509. The Balaban J connectivity index is 1.68. The van der Waals surface area contributed by atoms with E-state index in [9.17, 15) is 14.4 Å². The van der Waals surface area contributed by atoms with Crippen LogP contribution >= 0.6 is 0 Å². The van der Waals surface area contributed by atoms with Crippen molar-refractivity contribution in [2.24, 2.45) is 22.7 Å². The Morgan fingerprint density at radius 2 is 2.10 bits per heavy atom. The van der Waals surface area contributed by atoms with Gasteiger partial charge in [-0.1, -0.05) is 6.92 Å². The van der Waals surface area contributed by atoms with Gasteiger partial charge in [-0.05, 0) is 51.4 Å². The molecule has 5 heteroatoms. The molecule has 21 heavy (non-hydrogen) atoms. The van der Waals surface area contributed by atoms with E-state index >= 15 is 0 Å². The highest BCUT2D eigenvalue weighted by Crippen LogP contribution is 2.60. The first-order valence-electron chi connectivity index (χ1n) is 7.75. The van der Waals surface area contributed by atoms with E-state index in [0.717, 1.165) is 12.8 Å². The molecule has 1 saturated heterocycles. The third-order valence-corrected chi connectivity index (χ3v) is 5.81. The number of cyclic esters (lactones) is 2. The highest BCUT2D eigenvalue weighted by atomic mass is 16.6. The minimum atomic E-state index is -0.620. The lowest BCUT2D eigenvalue weighted by Gasteiger charge is -2.34. The minimum absolute atomic E-state index is 0.109. The maximum absolute atomic E-state index is 12.2. The van der Waals surface area contributed by atoms with Crippen LogP contribution in [0.25, 0.3) is 0 Å². The Morgan fingerprint density at radius 3 is 2.57 bits per heavy atom. The van der Waals surface area contributed by atoms with E-state index in [0.29, 0.717) is 12.8 Å². The lowest BCUT2D eigenvalue weighted by molar-refractivity contribution is -0.164. The molecule has 0 radical (unpaired) electrons. The summed E-state index contributed by atoms with van der Waals surface area (Å²) in [5.41, 5.74) is -1.09. The van der Waals surface area contributed by atoms with Crippen molar-refractivity contribution in [3.8, 4) is 0 Å². The van der Waals surface area contributed by atoms with Crippen molar-refractivity contribution in [3.05, 3.63) is 0 Å². The molecule has 0 amide bonds. The molecule has 1 spiro atoms. The predicted molar refractivity (Wildman–Crippen MR) is 72.9 cm³/mol. The topological polar surface area (TPSA) is 69.7 Å². The van der Waals surface area contributed by atoms with Crippen molar-refractivity contribution < 1.29 is 23.9 Å². The van der Waals surface area contributed by atoms with E-state index in [1.165, 1.54) is 0 Å². The summed E-state index contributed by atoms with van der Waals surface area (Å²) in [6.07, 6.45) is 2.98. The van der Waals surface area contributed by atoms with Crippen molar-refractivity contribution in [3.63, 3.8) is 0 Å². The first kappa shape index (κ1) is 14.5. The van der Waals surface area contributed by atoms with Gasteiger partial charge in [-0.2, -0.15) is 0 Å². The van der Waals surface area contributed by atoms with E-state index < -0.39 is 16.8 Å². The predicted octanol–water partition coefficient (Wildman–Crippen LogP) is 2.22. The van der Waals surface area contributed by atoms with Gasteiger partial charge in [-0.25, -0.2) is 0 Å². The molecule has 3 rings (SSSR count). The number of ether oxygens (including phenoxy) is 2. The van der Waals surface area contributed by atoms with Crippen LogP contribution in [0.15, 0.2) is 0 Å². The molecule has 0 aromatic carbocycles. The maximum atomic E-state index is 12.2. The number of fused-ring (bicyclic) bond motifs is 3. The summed E-state index contributed by atoms with van der Waals surface area (Å²) >= 11 is 0. The standard InChI is InChI=1S/C16H22O5/c1-4-15(2,3)13(18)20-11-6-10-5-9(11)7-16(10)8-12(17)21-14(16)19/h9-11H,4-8H2,1-3H3. The van der Waals surface area contributed by atoms with Gasteiger partial charge in [0.2, 0.25) is 0 Å². The fraction of sp³-hybridized carbons (Fsp3) is 0.812. The molecule has 0 N–H and O–H groups in total. The minimum Gasteiger partial charge on any atom is -0.462 e. The molecule has 116 valence electrons. The van der Waals surface area contributed by atoms with Gasteiger partial charge < -0.3 is 9.47 Å². The maximum Gasteiger partial charge on any atom is 0.320 e. The van der Waals surface area contributed by atoms with E-state index in [4.69, 9.17) is 9.47 Å². The zero-order chi connectivity index (χ0) is 15.4. The van der Waals surface area contributed by atoms with Gasteiger partial charge in [0.1, 0.15) is 6.10 Å². The van der Waals surface area contributed by atoms with Crippen LogP contribution in [0.2, 0.25) is 0 Å². The molecule has 2 bridgehead atoms. The van der Waals surface area contributed by atoms with Crippen molar-refractivity contribution in [1.29, 1.82) is 0 Å². The molecule has 2 saturated carbocycles. The van der Waals surface area contributed by atoms with Crippen LogP contribution in [0.1, 0.15) is 52.9 Å². The van der Waals surface area contributed by atoms with Crippen molar-refractivity contribution >= 4 is 17.9 Å². The first-order valence-corrected chi connectivity index (χ1v) is 7.75. The second kappa shape index (κ2) is 4.55. The molecular weight excluding hydrogens is 272 g/mol. The van der Waals surface area contributed by atoms with Gasteiger partial charge in [-0.3, -0.25) is 14.4 Å². The number of hydrogen-bond acceptors (Lipinski definition) is 5. The zero-order valence-corrected chi connectivity index (χ0v) is 12.8. The molecule has 0 aromatic rings. The Kier molecular flexibility index (Phi) is 3.15. The fourth-order valence-electron chi connectivity index (χ4n) is 4.01. The van der Waals surface area contributed by atoms with Crippen molar-refractivity contribution in [2.45, 2.75) is 59.0 Å². The molecule has 1 heterocycles. The van der Waals surface area contributed by atoms with Gasteiger partial charge in [0, 0.05) is 0 Å². The largest absolute Gasteiger partial charge is 0.462 e. The molecule has 4 atom stereocenters. The highest BCUT2D eigenvalue weighted by molar-refractivity contribution is 5.98. The third kappa shape index (κ3) is 2.09. The van der Waals surface area contributed by atoms with E-state index in [1.54, 1.807) is 0 Å². The average molecular weight is 294 g/mol. The van der Waals surface area contributed by atoms with Crippen LogP contribution in [0.5, 0.6) is 0 Å². The number of carbonyl (C=O) groups excluding carboxylic acids is 3. The molecule has 3 fully saturated rings.